The van der Waals surface area contributed by atoms with Crippen molar-refractivity contribution in [2.75, 3.05) is 25.5 Å². The molecule has 3 aromatic heterocycles. The van der Waals surface area contributed by atoms with Crippen LogP contribution < -0.4 is 10.5 Å². The molecule has 0 amide bonds. The predicted octanol–water partition coefficient (Wildman–Crippen LogP) is 3.25. The summed E-state index contributed by atoms with van der Waals surface area (Å²) in [6, 6.07) is 1.93. The van der Waals surface area contributed by atoms with Crippen LogP contribution in [-0.2, 0) is 0 Å². The van der Waals surface area contributed by atoms with Gasteiger partial charge in [-0.05, 0) is 18.2 Å². The number of hydrogen-bond donors (Lipinski definition) is 0. The van der Waals surface area contributed by atoms with E-state index in [4.69, 9.17) is 6.42 Å². The Morgan fingerprint density at radius 2 is 2.21 bits per heavy atom. The normalized spacial score (nSPS) is 20.0. The van der Waals surface area contributed by atoms with Gasteiger partial charge in [0.15, 0.2) is 0 Å². The Hall–Kier alpha value is -2.89. The largest absolute Gasteiger partial charge is 0.377 e. The van der Waals surface area contributed by atoms with Crippen molar-refractivity contribution in [2.24, 2.45) is 4.99 Å². The molecule has 8 heteroatoms. The molecule has 0 radical (unpaired) electrons. The second-order valence-electron chi connectivity index (χ2n) is 6.29. The molecule has 1 aliphatic rings. The number of anilines is 1. The van der Waals surface area contributed by atoms with Crippen molar-refractivity contribution in [3.8, 4) is 12.3 Å². The van der Waals surface area contributed by atoms with Crippen LogP contribution in [0.5, 0.6) is 0 Å². The Balaban J connectivity index is 1.91. The van der Waals surface area contributed by atoms with Gasteiger partial charge >= 0.3 is 0 Å². The smallest absolute Gasteiger partial charge is 0.275 e. The zero-order chi connectivity index (χ0) is 19.7. The Kier molecular flexibility index (Phi) is 5.03. The number of thioether (sulfide) groups is 1. The number of fused-ring (bicyclic) bond motifs is 3. The number of hydrogen-bond acceptors (Lipinski definition) is 7. The Bertz CT molecular complexity index is 1240. The van der Waals surface area contributed by atoms with Crippen molar-refractivity contribution >= 4 is 60.5 Å². The van der Waals surface area contributed by atoms with Crippen LogP contribution in [0.1, 0.15) is 0 Å². The van der Waals surface area contributed by atoms with Gasteiger partial charge in [0, 0.05) is 26.0 Å². The van der Waals surface area contributed by atoms with Crippen LogP contribution in [0.15, 0.2) is 46.6 Å². The fourth-order valence-electron chi connectivity index (χ4n) is 2.96. The van der Waals surface area contributed by atoms with E-state index in [1.165, 1.54) is 23.1 Å². The molecule has 1 aliphatic heterocycles. The fourth-order valence-corrected chi connectivity index (χ4v) is 4.56. The first kappa shape index (κ1) is 18.5. The van der Waals surface area contributed by atoms with Crippen LogP contribution >= 0.6 is 23.1 Å². The van der Waals surface area contributed by atoms with Crippen LogP contribution in [0, 0.1) is 12.3 Å². The highest BCUT2D eigenvalue weighted by Crippen LogP contribution is 2.35. The van der Waals surface area contributed by atoms with E-state index >= 15 is 0 Å². The molecule has 4 heterocycles. The summed E-state index contributed by atoms with van der Waals surface area (Å²) in [5.41, 5.74) is 4.00. The van der Waals surface area contributed by atoms with Gasteiger partial charge in [0.1, 0.15) is 15.9 Å². The van der Waals surface area contributed by atoms with Crippen LogP contribution in [0.4, 0.5) is 5.69 Å². The molecule has 4 rings (SSSR count). The van der Waals surface area contributed by atoms with Gasteiger partial charge in [-0.15, -0.1) is 17.8 Å². The fraction of sp³-hybridized carbons (Fsp3) is 0.200. The van der Waals surface area contributed by atoms with Gasteiger partial charge < -0.3 is 4.90 Å². The Morgan fingerprint density at radius 3 is 3.00 bits per heavy atom. The molecule has 0 aliphatic carbocycles. The van der Waals surface area contributed by atoms with Gasteiger partial charge in [-0.2, -0.15) is 0 Å². The summed E-state index contributed by atoms with van der Waals surface area (Å²) in [7, 11) is 3.93. The Morgan fingerprint density at radius 1 is 1.36 bits per heavy atom. The third-order valence-corrected chi connectivity index (χ3v) is 6.25. The summed E-state index contributed by atoms with van der Waals surface area (Å²) in [4.78, 5) is 29.4. The molecule has 0 fully saturated rings. The first-order valence-corrected chi connectivity index (χ1v) is 10.3. The number of allylic oxidation sites excluding steroid dienone is 2. The van der Waals surface area contributed by atoms with E-state index in [0.29, 0.717) is 22.5 Å². The summed E-state index contributed by atoms with van der Waals surface area (Å²) in [5.74, 6) is 2.69. The lowest BCUT2D eigenvalue weighted by Gasteiger charge is -2.13. The molecule has 1 unspecified atom stereocenters. The maximum absolute atomic E-state index is 13.2. The molecule has 0 bridgehead atoms. The minimum Gasteiger partial charge on any atom is -0.377 e. The molecule has 0 aromatic carbocycles. The predicted molar refractivity (Wildman–Crippen MR) is 120 cm³/mol. The van der Waals surface area contributed by atoms with E-state index in [0.717, 1.165) is 15.9 Å². The topological polar surface area (TPSA) is 63.4 Å². The van der Waals surface area contributed by atoms with Crippen LogP contribution in [0.3, 0.4) is 0 Å². The second kappa shape index (κ2) is 7.62. The van der Waals surface area contributed by atoms with Crippen LogP contribution in [0.2, 0.25) is 0 Å². The standard InChI is InChI=1S/C20H17N5OS2/c1-4-14-6-5-13(7-9-21-12-27-14)25-11-23-17-16-15(24(2)3)8-10-22-19(16)28-18(17)20(25)26/h1,5-8,10-12,14H,9H2,2-3H3/b6-5-,13-7+,21-12?. The first-order chi connectivity index (χ1) is 13.6. The summed E-state index contributed by atoms with van der Waals surface area (Å²) in [6.45, 7) is 0.465. The molecular weight excluding hydrogens is 390 g/mol. The van der Waals surface area contributed by atoms with Gasteiger partial charge in [-0.3, -0.25) is 14.4 Å². The Labute approximate surface area is 170 Å². The summed E-state index contributed by atoms with van der Waals surface area (Å²) >= 11 is 2.83. The van der Waals surface area contributed by atoms with Crippen molar-refractivity contribution in [1.29, 1.82) is 0 Å². The van der Waals surface area contributed by atoms with Gasteiger partial charge in [0.05, 0.1) is 33.9 Å². The number of rotatable bonds is 2. The van der Waals surface area contributed by atoms with Gasteiger partial charge in [0.25, 0.3) is 5.56 Å². The second-order valence-corrected chi connectivity index (χ2v) is 8.28. The lowest BCUT2D eigenvalue weighted by molar-refractivity contribution is 0.993. The van der Waals surface area contributed by atoms with E-state index < -0.39 is 0 Å². The lowest BCUT2D eigenvalue weighted by Crippen LogP contribution is -2.18. The minimum absolute atomic E-state index is 0.123. The zero-order valence-corrected chi connectivity index (χ0v) is 17.0. The number of pyridine rings is 1. The van der Waals surface area contributed by atoms with Crippen molar-refractivity contribution in [2.45, 2.75) is 5.25 Å². The third-order valence-electron chi connectivity index (χ3n) is 4.31. The zero-order valence-electron chi connectivity index (χ0n) is 15.4. The highest BCUT2D eigenvalue weighted by molar-refractivity contribution is 8.12. The van der Waals surface area contributed by atoms with E-state index in [-0.39, 0.29) is 10.8 Å². The first-order valence-electron chi connectivity index (χ1n) is 8.55. The molecule has 0 N–H and O–H groups in total. The highest BCUT2D eigenvalue weighted by atomic mass is 32.2. The molecule has 0 saturated carbocycles. The monoisotopic (exact) mass is 407 g/mol. The average molecular weight is 408 g/mol. The van der Waals surface area contributed by atoms with Crippen molar-refractivity contribution in [3.63, 3.8) is 0 Å². The SMILES string of the molecule is C#CC1/C=C\C(n2cnc3c(sc4nccc(N(C)C)c43)c2=O)=C/CN=CS1. The maximum atomic E-state index is 13.2. The van der Waals surface area contributed by atoms with E-state index in [9.17, 15) is 4.79 Å². The summed E-state index contributed by atoms with van der Waals surface area (Å²) in [6.07, 6.45) is 14.5. The molecule has 1 atom stereocenters. The van der Waals surface area contributed by atoms with Gasteiger partial charge in [0.2, 0.25) is 0 Å². The third kappa shape index (κ3) is 3.23. The molecule has 6 nitrogen and oxygen atoms in total. The number of aliphatic imine (C=N–C) groups is 1. The van der Waals surface area contributed by atoms with E-state index in [1.54, 1.807) is 22.6 Å². The molecular formula is C20H17N5OS2. The van der Waals surface area contributed by atoms with E-state index in [2.05, 4.69) is 20.9 Å². The molecule has 3 aromatic rings. The van der Waals surface area contributed by atoms with Crippen LogP contribution in [-0.4, -0.2) is 46.0 Å². The van der Waals surface area contributed by atoms with Crippen LogP contribution in [0.25, 0.3) is 26.1 Å². The van der Waals surface area contributed by atoms with Crippen molar-refractivity contribution < 1.29 is 0 Å². The molecule has 0 saturated heterocycles. The molecule has 140 valence electrons. The maximum Gasteiger partial charge on any atom is 0.275 e. The van der Waals surface area contributed by atoms with Gasteiger partial charge in [-0.25, -0.2) is 9.97 Å². The van der Waals surface area contributed by atoms with Crippen molar-refractivity contribution in [3.05, 3.63) is 47.2 Å². The number of thiophene rings is 1. The van der Waals surface area contributed by atoms with Crippen molar-refractivity contribution in [1.82, 2.24) is 14.5 Å². The number of aromatic nitrogens is 3. The molecule has 0 spiro atoms. The number of terminal acetylenes is 1. The van der Waals surface area contributed by atoms with Gasteiger partial charge in [-0.1, -0.05) is 23.8 Å². The highest BCUT2D eigenvalue weighted by Gasteiger charge is 2.17. The molecule has 28 heavy (non-hydrogen) atoms. The minimum atomic E-state index is -0.131. The summed E-state index contributed by atoms with van der Waals surface area (Å²) in [5, 5.41) is 0.776. The van der Waals surface area contributed by atoms with E-state index in [1.807, 2.05) is 43.3 Å². The summed E-state index contributed by atoms with van der Waals surface area (Å²) < 4.78 is 2.13. The number of nitrogens with zero attached hydrogens (tertiary/aromatic N) is 5. The lowest BCUT2D eigenvalue weighted by atomic mass is 10.2. The quantitative estimate of drug-likeness (QED) is 0.610. The average Bonchev–Trinajstić information content (AvgIpc) is 3.12.